The van der Waals surface area contributed by atoms with Gasteiger partial charge in [0.25, 0.3) is 11.8 Å². The lowest BCUT2D eigenvalue weighted by Crippen LogP contribution is -2.40. The number of hydrogen-bond donors (Lipinski definition) is 2. The zero-order valence-corrected chi connectivity index (χ0v) is 36.0. The summed E-state index contributed by atoms with van der Waals surface area (Å²) < 4.78 is 14.1. The summed E-state index contributed by atoms with van der Waals surface area (Å²) in [7, 11) is 5.11. The van der Waals surface area contributed by atoms with Crippen molar-refractivity contribution in [1.82, 2.24) is 28.9 Å². The largest absolute Gasteiger partial charge is 0.469 e. The fourth-order valence-corrected chi connectivity index (χ4v) is 8.99. The number of amides is 3. The first kappa shape index (κ1) is 42.2. The van der Waals surface area contributed by atoms with Crippen molar-refractivity contribution in [2.45, 2.75) is 84.4 Å². The first-order valence-corrected chi connectivity index (χ1v) is 20.9. The van der Waals surface area contributed by atoms with Crippen LogP contribution >= 0.6 is 23.2 Å². The summed E-state index contributed by atoms with van der Waals surface area (Å²) in [5, 5.41) is 6.41. The fourth-order valence-electron chi connectivity index (χ4n) is 8.44. The maximum absolute atomic E-state index is 13.7. The molecule has 0 unspecified atom stereocenters. The highest BCUT2D eigenvalue weighted by atomic mass is 35.5. The minimum absolute atomic E-state index is 0.0290. The lowest BCUT2D eigenvalue weighted by atomic mass is 9.80. The van der Waals surface area contributed by atoms with Crippen molar-refractivity contribution < 1.29 is 28.7 Å². The van der Waals surface area contributed by atoms with Crippen LogP contribution in [-0.4, -0.2) is 85.1 Å². The zero-order chi connectivity index (χ0) is 42.2. The van der Waals surface area contributed by atoms with Gasteiger partial charge in [-0.3, -0.25) is 19.3 Å². The van der Waals surface area contributed by atoms with Gasteiger partial charge in [-0.1, -0.05) is 47.5 Å². The van der Waals surface area contributed by atoms with Crippen molar-refractivity contribution in [2.75, 3.05) is 37.4 Å². The van der Waals surface area contributed by atoms with Crippen LogP contribution < -0.4 is 10.6 Å². The van der Waals surface area contributed by atoms with Crippen LogP contribution in [-0.2, 0) is 54.3 Å². The summed E-state index contributed by atoms with van der Waals surface area (Å²) in [5.74, 6) is 0.178. The molecule has 1 saturated carbocycles. The second kappa shape index (κ2) is 17.4. The average molecular weight is 848 g/mol. The lowest BCUT2D eigenvalue weighted by Gasteiger charge is -2.31. The van der Waals surface area contributed by atoms with E-state index in [0.29, 0.717) is 59.4 Å². The smallest absolute Gasteiger partial charge is 0.410 e. The number of imidazole rings is 2. The number of nitrogens with one attached hydrogen (secondary N) is 2. The molecule has 0 radical (unpaired) electrons. The van der Waals surface area contributed by atoms with E-state index in [1.807, 2.05) is 32.4 Å². The van der Waals surface area contributed by atoms with E-state index in [9.17, 15) is 19.2 Å². The molecule has 59 heavy (non-hydrogen) atoms. The summed E-state index contributed by atoms with van der Waals surface area (Å²) >= 11 is 13.9. The van der Waals surface area contributed by atoms with Gasteiger partial charge in [0, 0.05) is 69.1 Å². The van der Waals surface area contributed by atoms with Gasteiger partial charge in [-0.05, 0) is 77.5 Å². The standard InChI is InChI=1S/C43H52Cl2N8O6/c1-43(2,3)59-42(57)53-22-19-34-32(24-53)47-38(51(34)5)40(55)49-30-12-8-10-28(36(30)45)27-9-7-11-29(35(27)44)48-39(54)37-46-31-23-52(21-18-33(31)50(37)4)20-17-25-13-15-26(16-14-25)41(56)58-6/h7-12,25-26H,13-24H2,1-6H3,(H,48,54)(H,49,55). The molecule has 2 aliphatic heterocycles. The number of anilines is 2. The van der Waals surface area contributed by atoms with Crippen molar-refractivity contribution in [2.24, 2.45) is 25.9 Å². The molecule has 2 aromatic carbocycles. The average Bonchev–Trinajstić information content (AvgIpc) is 3.73. The van der Waals surface area contributed by atoms with Gasteiger partial charge in [0.15, 0.2) is 11.6 Å². The number of hydrogen-bond acceptors (Lipinski definition) is 9. The van der Waals surface area contributed by atoms with E-state index in [1.54, 1.807) is 52.9 Å². The van der Waals surface area contributed by atoms with Gasteiger partial charge in [-0.15, -0.1) is 0 Å². The van der Waals surface area contributed by atoms with Gasteiger partial charge in [0.2, 0.25) is 0 Å². The Kier molecular flexibility index (Phi) is 12.4. The predicted octanol–water partition coefficient (Wildman–Crippen LogP) is 7.65. The third-order valence-electron chi connectivity index (χ3n) is 11.7. The number of carbonyl (C=O) groups is 4. The zero-order valence-electron chi connectivity index (χ0n) is 34.5. The minimum Gasteiger partial charge on any atom is -0.469 e. The molecule has 2 aromatic heterocycles. The van der Waals surface area contributed by atoms with Crippen LogP contribution in [0.5, 0.6) is 0 Å². The van der Waals surface area contributed by atoms with Gasteiger partial charge >= 0.3 is 12.1 Å². The number of benzene rings is 2. The van der Waals surface area contributed by atoms with Crippen LogP contribution in [0.25, 0.3) is 11.1 Å². The highest BCUT2D eigenvalue weighted by molar-refractivity contribution is 6.40. The highest BCUT2D eigenvalue weighted by Gasteiger charge is 2.32. The highest BCUT2D eigenvalue weighted by Crippen LogP contribution is 2.41. The van der Waals surface area contributed by atoms with Crippen LogP contribution in [0.15, 0.2) is 36.4 Å². The molecule has 0 saturated heterocycles. The summed E-state index contributed by atoms with van der Waals surface area (Å²) in [6, 6.07) is 10.5. The van der Waals surface area contributed by atoms with Crippen molar-refractivity contribution in [3.63, 3.8) is 0 Å². The molecule has 4 aromatic rings. The number of aromatic nitrogens is 4. The van der Waals surface area contributed by atoms with Crippen LogP contribution in [0.2, 0.25) is 10.0 Å². The molecular formula is C43H52Cl2N8O6. The van der Waals surface area contributed by atoms with E-state index < -0.39 is 17.6 Å². The molecule has 3 amide bonds. The minimum atomic E-state index is -0.625. The molecule has 3 aliphatic rings. The van der Waals surface area contributed by atoms with E-state index in [2.05, 4.69) is 20.5 Å². The Balaban J connectivity index is 0.997. The first-order chi connectivity index (χ1) is 28.1. The topological polar surface area (TPSA) is 153 Å². The second-order valence-electron chi connectivity index (χ2n) is 16.7. The molecule has 1 aliphatic carbocycles. The van der Waals surface area contributed by atoms with E-state index in [1.165, 1.54) is 7.11 Å². The van der Waals surface area contributed by atoms with E-state index >= 15 is 0 Å². The maximum Gasteiger partial charge on any atom is 0.410 e. The number of halogens is 2. The Bertz CT molecular complexity index is 2270. The van der Waals surface area contributed by atoms with Crippen molar-refractivity contribution >= 4 is 58.5 Å². The van der Waals surface area contributed by atoms with Crippen LogP contribution in [0.3, 0.4) is 0 Å². The fraction of sp³-hybridized carbons (Fsp3) is 0.488. The molecule has 14 nitrogen and oxygen atoms in total. The molecule has 1 fully saturated rings. The van der Waals surface area contributed by atoms with Gasteiger partial charge in [0.1, 0.15) is 5.60 Å². The number of carbonyl (C=O) groups excluding carboxylic acids is 4. The number of nitrogens with zero attached hydrogens (tertiary/aromatic N) is 6. The molecule has 0 bridgehead atoms. The van der Waals surface area contributed by atoms with Crippen molar-refractivity contribution in [3.05, 3.63) is 80.9 Å². The molecule has 16 heteroatoms. The Morgan fingerprint density at radius 3 is 1.83 bits per heavy atom. The molecule has 314 valence electrons. The number of fused-ring (bicyclic) bond motifs is 2. The van der Waals surface area contributed by atoms with Gasteiger partial charge in [-0.2, -0.15) is 0 Å². The maximum atomic E-state index is 13.7. The van der Waals surface area contributed by atoms with Crippen molar-refractivity contribution in [3.8, 4) is 11.1 Å². The molecular weight excluding hydrogens is 795 g/mol. The van der Waals surface area contributed by atoms with Crippen LogP contribution in [0, 0.1) is 11.8 Å². The van der Waals surface area contributed by atoms with E-state index in [4.69, 9.17) is 37.7 Å². The predicted molar refractivity (Wildman–Crippen MR) is 226 cm³/mol. The molecule has 2 N–H and O–H groups in total. The Labute approximate surface area is 354 Å². The summed E-state index contributed by atoms with van der Waals surface area (Å²) in [6.07, 6.45) is 5.82. The summed E-state index contributed by atoms with van der Waals surface area (Å²) in [4.78, 5) is 65.4. The normalized spacial score (nSPS) is 18.1. The summed E-state index contributed by atoms with van der Waals surface area (Å²) in [5.41, 5.74) is 4.70. The lowest BCUT2D eigenvalue weighted by molar-refractivity contribution is -0.146. The molecule has 7 rings (SSSR count). The second-order valence-corrected chi connectivity index (χ2v) is 17.5. The number of esters is 1. The molecule has 0 atom stereocenters. The Morgan fingerprint density at radius 2 is 1.31 bits per heavy atom. The number of rotatable bonds is 9. The molecule has 0 spiro atoms. The third-order valence-corrected chi connectivity index (χ3v) is 12.5. The monoisotopic (exact) mass is 846 g/mol. The van der Waals surface area contributed by atoms with Gasteiger partial charge in [0.05, 0.1) is 52.4 Å². The third kappa shape index (κ3) is 9.14. The number of ether oxygens (including phenoxy) is 2. The van der Waals surface area contributed by atoms with Crippen LogP contribution in [0.4, 0.5) is 16.2 Å². The Morgan fingerprint density at radius 1 is 0.780 bits per heavy atom. The van der Waals surface area contributed by atoms with Gasteiger partial charge in [-0.25, -0.2) is 14.8 Å². The van der Waals surface area contributed by atoms with E-state index in [-0.39, 0.29) is 40.2 Å². The van der Waals surface area contributed by atoms with E-state index in [0.717, 1.165) is 68.7 Å². The number of methoxy groups -OCH3 is 1. The molecule has 4 heterocycles. The first-order valence-electron chi connectivity index (χ1n) is 20.2. The summed E-state index contributed by atoms with van der Waals surface area (Å²) in [6.45, 7) is 8.64. The van der Waals surface area contributed by atoms with Gasteiger partial charge < -0.3 is 34.1 Å². The SMILES string of the molecule is COC(=O)C1CCC(CCN2CCc3c(nc(C(=O)Nc4cccc(-c5cccc(NC(=O)c6nc7c(n6C)CCN(C(=O)OC(C)(C)C)C7)c5Cl)c4Cl)n3C)C2)CC1. The quantitative estimate of drug-likeness (QED) is 0.162. The Hall–Kier alpha value is -4.92. The van der Waals surface area contributed by atoms with Crippen molar-refractivity contribution in [1.29, 1.82) is 0 Å². The van der Waals surface area contributed by atoms with Crippen LogP contribution in [0.1, 0.15) is 96.9 Å².